The van der Waals surface area contributed by atoms with Gasteiger partial charge in [0.2, 0.25) is 0 Å². The van der Waals surface area contributed by atoms with Gasteiger partial charge in [-0.2, -0.15) is 0 Å². The Kier molecular flexibility index (Phi) is 5.26. The molecule has 0 bridgehead atoms. The second kappa shape index (κ2) is 6.95. The molecule has 1 N–H and O–H groups in total. The first kappa shape index (κ1) is 15.1. The number of hydrogen-bond acceptors (Lipinski definition) is 3. The zero-order valence-electron chi connectivity index (χ0n) is 11.6. The van der Waals surface area contributed by atoms with E-state index in [0.717, 1.165) is 18.4 Å². The number of rotatable bonds is 4. The number of benzene rings is 1. The normalized spacial score (nSPS) is 16.2. The molecule has 1 aliphatic heterocycles. The number of aliphatic hydroxyl groups is 1. The lowest BCUT2D eigenvalue weighted by molar-refractivity contribution is -0.134. The van der Waals surface area contributed by atoms with Crippen LogP contribution in [0.3, 0.4) is 0 Å². The fraction of sp³-hybridized carbons (Fsp3) is 0.533. The summed E-state index contributed by atoms with van der Waals surface area (Å²) in [4.78, 5) is 13.9. The van der Waals surface area contributed by atoms with Gasteiger partial charge in [-0.15, -0.1) is 0 Å². The monoisotopic (exact) mass is 297 g/mol. The van der Waals surface area contributed by atoms with E-state index >= 15 is 0 Å². The minimum absolute atomic E-state index is 0.00394. The Bertz CT molecular complexity index is 470. The molecule has 1 amide bonds. The van der Waals surface area contributed by atoms with Gasteiger partial charge in [0.1, 0.15) is 5.75 Å². The van der Waals surface area contributed by atoms with Crippen LogP contribution in [0.4, 0.5) is 0 Å². The first-order valence-electron chi connectivity index (χ1n) is 6.87. The zero-order chi connectivity index (χ0) is 14.5. The van der Waals surface area contributed by atoms with Crippen LogP contribution in [0.25, 0.3) is 0 Å². The SMILES string of the molecule is Cc1cc(Cl)ccc1OCC(=O)N1CCC(CO)CC1. The first-order chi connectivity index (χ1) is 9.60. The highest BCUT2D eigenvalue weighted by molar-refractivity contribution is 6.30. The third-order valence-electron chi connectivity index (χ3n) is 3.71. The van der Waals surface area contributed by atoms with Crippen LogP contribution in [0, 0.1) is 12.8 Å². The van der Waals surface area contributed by atoms with Crippen LogP contribution in [0.5, 0.6) is 5.75 Å². The molecule has 0 saturated carbocycles. The predicted molar refractivity (Wildman–Crippen MR) is 78.1 cm³/mol. The Balaban J connectivity index is 1.83. The van der Waals surface area contributed by atoms with E-state index in [4.69, 9.17) is 21.4 Å². The summed E-state index contributed by atoms with van der Waals surface area (Å²) < 4.78 is 5.56. The summed E-state index contributed by atoms with van der Waals surface area (Å²) in [5, 5.41) is 9.74. The largest absolute Gasteiger partial charge is 0.483 e. The van der Waals surface area contributed by atoms with Crippen molar-refractivity contribution in [2.45, 2.75) is 19.8 Å². The van der Waals surface area contributed by atoms with Crippen molar-refractivity contribution in [2.75, 3.05) is 26.3 Å². The molecule has 2 rings (SSSR count). The lowest BCUT2D eigenvalue weighted by Crippen LogP contribution is -2.41. The van der Waals surface area contributed by atoms with Crippen molar-refractivity contribution in [2.24, 2.45) is 5.92 Å². The lowest BCUT2D eigenvalue weighted by Gasteiger charge is -2.31. The molecule has 0 radical (unpaired) electrons. The van der Waals surface area contributed by atoms with Gasteiger partial charge < -0.3 is 14.7 Å². The van der Waals surface area contributed by atoms with Crippen LogP contribution in [0.15, 0.2) is 18.2 Å². The van der Waals surface area contributed by atoms with Gasteiger partial charge in [0.05, 0.1) is 0 Å². The van der Waals surface area contributed by atoms with Gasteiger partial charge in [-0.3, -0.25) is 4.79 Å². The van der Waals surface area contributed by atoms with E-state index in [1.165, 1.54) is 0 Å². The van der Waals surface area contributed by atoms with Crippen molar-refractivity contribution in [3.05, 3.63) is 28.8 Å². The second-order valence-corrected chi connectivity index (χ2v) is 5.64. The predicted octanol–water partition coefficient (Wildman–Crippen LogP) is 2.26. The summed E-state index contributed by atoms with van der Waals surface area (Å²) in [7, 11) is 0. The number of likely N-dealkylation sites (tertiary alicyclic amines) is 1. The minimum atomic E-state index is -0.00394. The molecule has 20 heavy (non-hydrogen) atoms. The first-order valence-corrected chi connectivity index (χ1v) is 7.25. The highest BCUT2D eigenvalue weighted by Crippen LogP contribution is 2.22. The number of aryl methyl sites for hydroxylation is 1. The topological polar surface area (TPSA) is 49.8 Å². The number of nitrogens with zero attached hydrogens (tertiary/aromatic N) is 1. The van der Waals surface area contributed by atoms with Gasteiger partial charge in [-0.25, -0.2) is 0 Å². The highest BCUT2D eigenvalue weighted by atomic mass is 35.5. The molecule has 1 aliphatic rings. The molecule has 0 atom stereocenters. The fourth-order valence-corrected chi connectivity index (χ4v) is 2.60. The Morgan fingerprint density at radius 1 is 1.45 bits per heavy atom. The smallest absolute Gasteiger partial charge is 0.260 e. The molecular weight excluding hydrogens is 278 g/mol. The molecule has 1 fully saturated rings. The van der Waals surface area contributed by atoms with Crippen molar-refractivity contribution >= 4 is 17.5 Å². The third kappa shape index (κ3) is 3.87. The van der Waals surface area contributed by atoms with Crippen LogP contribution in [0.2, 0.25) is 5.02 Å². The summed E-state index contributed by atoms with van der Waals surface area (Å²) in [5.41, 5.74) is 0.921. The highest BCUT2D eigenvalue weighted by Gasteiger charge is 2.22. The molecule has 1 heterocycles. The summed E-state index contributed by atoms with van der Waals surface area (Å²) in [6.45, 7) is 3.56. The number of hydrogen-bond donors (Lipinski definition) is 1. The molecule has 0 aromatic heterocycles. The quantitative estimate of drug-likeness (QED) is 0.927. The number of ether oxygens (including phenoxy) is 1. The maximum Gasteiger partial charge on any atom is 0.260 e. The van der Waals surface area contributed by atoms with E-state index in [-0.39, 0.29) is 19.1 Å². The average Bonchev–Trinajstić information content (AvgIpc) is 2.46. The van der Waals surface area contributed by atoms with Crippen molar-refractivity contribution in [1.82, 2.24) is 4.90 Å². The lowest BCUT2D eigenvalue weighted by atomic mass is 9.98. The second-order valence-electron chi connectivity index (χ2n) is 5.21. The van der Waals surface area contributed by atoms with Crippen LogP contribution in [0.1, 0.15) is 18.4 Å². The number of carbonyl (C=O) groups is 1. The molecule has 4 nitrogen and oxygen atoms in total. The fourth-order valence-electron chi connectivity index (χ4n) is 2.37. The van der Waals surface area contributed by atoms with Crippen molar-refractivity contribution in [1.29, 1.82) is 0 Å². The van der Waals surface area contributed by atoms with E-state index < -0.39 is 0 Å². The van der Waals surface area contributed by atoms with Gasteiger partial charge >= 0.3 is 0 Å². The number of amides is 1. The third-order valence-corrected chi connectivity index (χ3v) is 3.95. The molecule has 0 unspecified atom stereocenters. The van der Waals surface area contributed by atoms with Crippen LogP contribution < -0.4 is 4.74 Å². The number of halogens is 1. The van der Waals surface area contributed by atoms with Gasteiger partial charge in [-0.1, -0.05) is 11.6 Å². The standard InChI is InChI=1S/C15H20ClNO3/c1-11-8-13(16)2-3-14(11)20-10-15(19)17-6-4-12(9-18)5-7-17/h2-3,8,12,18H,4-7,9-10H2,1H3. The van der Waals surface area contributed by atoms with Gasteiger partial charge in [0.25, 0.3) is 5.91 Å². The maximum absolute atomic E-state index is 12.1. The van der Waals surface area contributed by atoms with E-state index in [0.29, 0.717) is 29.8 Å². The number of piperidine rings is 1. The molecule has 1 aromatic rings. The van der Waals surface area contributed by atoms with Crippen LogP contribution in [-0.2, 0) is 4.79 Å². The van der Waals surface area contributed by atoms with Crippen LogP contribution in [-0.4, -0.2) is 42.2 Å². The van der Waals surface area contributed by atoms with E-state index in [2.05, 4.69) is 0 Å². The molecule has 0 aliphatic carbocycles. The Hall–Kier alpha value is -1.26. The van der Waals surface area contributed by atoms with E-state index in [1.807, 2.05) is 13.0 Å². The maximum atomic E-state index is 12.1. The van der Waals surface area contributed by atoms with E-state index in [1.54, 1.807) is 17.0 Å². The average molecular weight is 298 g/mol. The Morgan fingerprint density at radius 2 is 2.15 bits per heavy atom. The van der Waals surface area contributed by atoms with Crippen molar-refractivity contribution in [3.8, 4) is 5.75 Å². The molecule has 1 aromatic carbocycles. The summed E-state index contributed by atoms with van der Waals surface area (Å²) >= 11 is 5.88. The van der Waals surface area contributed by atoms with Crippen LogP contribution >= 0.6 is 11.6 Å². The van der Waals surface area contributed by atoms with Crippen molar-refractivity contribution in [3.63, 3.8) is 0 Å². The number of aliphatic hydroxyl groups excluding tert-OH is 1. The van der Waals surface area contributed by atoms with Gasteiger partial charge in [0, 0.05) is 24.7 Å². The number of carbonyl (C=O) groups excluding carboxylic acids is 1. The summed E-state index contributed by atoms with van der Waals surface area (Å²) in [6, 6.07) is 5.35. The Morgan fingerprint density at radius 3 is 2.75 bits per heavy atom. The van der Waals surface area contributed by atoms with Crippen molar-refractivity contribution < 1.29 is 14.6 Å². The Labute approximate surface area is 124 Å². The van der Waals surface area contributed by atoms with Gasteiger partial charge in [0.15, 0.2) is 6.61 Å². The molecule has 5 heteroatoms. The molecule has 110 valence electrons. The zero-order valence-corrected chi connectivity index (χ0v) is 12.4. The van der Waals surface area contributed by atoms with Gasteiger partial charge in [-0.05, 0) is 49.4 Å². The van der Waals surface area contributed by atoms with E-state index in [9.17, 15) is 4.79 Å². The molecule has 1 saturated heterocycles. The molecule has 0 spiro atoms. The summed E-state index contributed by atoms with van der Waals surface area (Å²) in [5.74, 6) is 1.02. The molecular formula is C15H20ClNO3. The minimum Gasteiger partial charge on any atom is -0.483 e. The summed E-state index contributed by atoms with van der Waals surface area (Å²) in [6.07, 6.45) is 1.73.